The predicted octanol–water partition coefficient (Wildman–Crippen LogP) is 3.01. The molecule has 1 atom stereocenters. The molecule has 122 valence electrons. The molecule has 1 aromatic heterocycles. The third kappa shape index (κ3) is 4.01. The number of nitrogens with zero attached hydrogens (tertiary/aromatic N) is 1. The lowest BCUT2D eigenvalue weighted by Gasteiger charge is -2.14. The van der Waals surface area contributed by atoms with E-state index in [1.807, 2.05) is 0 Å². The van der Waals surface area contributed by atoms with Gasteiger partial charge in [0.1, 0.15) is 10.3 Å². The Kier molecular flexibility index (Phi) is 4.93. The standard InChI is InChI=1S/C13H10F3N3O2S2/c14-13(15,16)9-3-5-10(6-4-9)18-19-11(8-17)23(20,21)12-2-1-7-22-12/h1-7,11,18-19H. The number of benzene rings is 1. The van der Waals surface area contributed by atoms with Gasteiger partial charge in [-0.3, -0.25) is 0 Å². The Morgan fingerprint density at radius 3 is 2.30 bits per heavy atom. The van der Waals surface area contributed by atoms with Crippen molar-refractivity contribution in [3.8, 4) is 6.07 Å². The Hall–Kier alpha value is -2.09. The van der Waals surface area contributed by atoms with Crippen molar-refractivity contribution >= 4 is 26.9 Å². The minimum atomic E-state index is -4.45. The van der Waals surface area contributed by atoms with Crippen LogP contribution in [-0.4, -0.2) is 13.8 Å². The zero-order valence-electron chi connectivity index (χ0n) is 11.3. The van der Waals surface area contributed by atoms with E-state index in [-0.39, 0.29) is 9.90 Å². The Morgan fingerprint density at radius 1 is 1.17 bits per heavy atom. The van der Waals surface area contributed by atoms with Crippen LogP contribution in [0, 0.1) is 11.3 Å². The number of rotatable bonds is 5. The number of nitriles is 1. The van der Waals surface area contributed by atoms with Crippen molar-refractivity contribution in [3.63, 3.8) is 0 Å². The second-order valence-corrected chi connectivity index (χ2v) is 7.54. The molecule has 0 spiro atoms. The first kappa shape index (κ1) is 17.3. The van der Waals surface area contributed by atoms with Gasteiger partial charge in [0.2, 0.25) is 15.2 Å². The van der Waals surface area contributed by atoms with Crippen LogP contribution in [0.1, 0.15) is 5.56 Å². The zero-order valence-corrected chi connectivity index (χ0v) is 13.0. The van der Waals surface area contributed by atoms with E-state index in [1.165, 1.54) is 12.1 Å². The van der Waals surface area contributed by atoms with Gasteiger partial charge in [0.05, 0.1) is 5.56 Å². The molecule has 0 saturated carbocycles. The van der Waals surface area contributed by atoms with Crippen molar-refractivity contribution in [2.75, 3.05) is 5.43 Å². The highest BCUT2D eigenvalue weighted by Gasteiger charge is 2.30. The lowest BCUT2D eigenvalue weighted by Crippen LogP contribution is -2.39. The van der Waals surface area contributed by atoms with Gasteiger partial charge >= 0.3 is 6.18 Å². The molecule has 2 aromatic rings. The summed E-state index contributed by atoms with van der Waals surface area (Å²) in [5.41, 5.74) is 4.09. The van der Waals surface area contributed by atoms with Crippen molar-refractivity contribution < 1.29 is 21.6 Å². The molecule has 23 heavy (non-hydrogen) atoms. The van der Waals surface area contributed by atoms with Crippen LogP contribution < -0.4 is 10.9 Å². The summed E-state index contributed by atoms with van der Waals surface area (Å²) in [6, 6.07) is 8.45. The number of hydrazine groups is 1. The molecule has 2 N–H and O–H groups in total. The van der Waals surface area contributed by atoms with Crippen LogP contribution in [-0.2, 0) is 16.0 Å². The van der Waals surface area contributed by atoms with E-state index in [0.29, 0.717) is 0 Å². The van der Waals surface area contributed by atoms with Gasteiger partial charge in [0.15, 0.2) is 0 Å². The average Bonchev–Trinajstić information content (AvgIpc) is 3.02. The van der Waals surface area contributed by atoms with Crippen molar-refractivity contribution in [2.24, 2.45) is 0 Å². The topological polar surface area (TPSA) is 82.0 Å². The Balaban J connectivity index is 2.09. The summed E-state index contributed by atoms with van der Waals surface area (Å²) in [5, 5.41) is 8.99. The fourth-order valence-corrected chi connectivity index (χ4v) is 3.91. The second-order valence-electron chi connectivity index (χ2n) is 4.33. The van der Waals surface area contributed by atoms with Crippen LogP contribution >= 0.6 is 11.3 Å². The first-order valence-electron chi connectivity index (χ1n) is 6.11. The van der Waals surface area contributed by atoms with E-state index in [9.17, 15) is 21.6 Å². The van der Waals surface area contributed by atoms with Gasteiger partial charge < -0.3 is 5.43 Å². The number of hydrogen-bond donors (Lipinski definition) is 2. The molecule has 1 unspecified atom stereocenters. The second kappa shape index (κ2) is 6.57. The van der Waals surface area contributed by atoms with E-state index in [4.69, 9.17) is 5.26 Å². The minimum absolute atomic E-state index is 0.0192. The number of nitrogens with one attached hydrogen (secondary N) is 2. The molecule has 0 aliphatic heterocycles. The maximum atomic E-state index is 12.4. The molecule has 2 rings (SSSR count). The molecular weight excluding hydrogens is 351 g/mol. The highest BCUT2D eigenvalue weighted by Crippen LogP contribution is 2.29. The van der Waals surface area contributed by atoms with Gasteiger partial charge in [-0.05, 0) is 35.7 Å². The summed E-state index contributed by atoms with van der Waals surface area (Å²) in [4.78, 5) is 0. The molecule has 0 fully saturated rings. The summed E-state index contributed by atoms with van der Waals surface area (Å²) < 4.78 is 61.7. The van der Waals surface area contributed by atoms with Crippen LogP contribution in [0.4, 0.5) is 18.9 Å². The van der Waals surface area contributed by atoms with E-state index >= 15 is 0 Å². The molecule has 1 aromatic carbocycles. The van der Waals surface area contributed by atoms with Gasteiger partial charge in [-0.2, -0.15) is 18.4 Å². The number of sulfone groups is 1. The van der Waals surface area contributed by atoms with Crippen molar-refractivity contribution in [2.45, 2.75) is 15.8 Å². The van der Waals surface area contributed by atoms with Gasteiger partial charge in [0.25, 0.3) is 0 Å². The number of halogens is 3. The molecule has 0 aliphatic carbocycles. The summed E-state index contributed by atoms with van der Waals surface area (Å²) in [5.74, 6) is 0. The van der Waals surface area contributed by atoms with Gasteiger partial charge in [-0.25, -0.2) is 13.8 Å². The molecule has 0 radical (unpaired) electrons. The monoisotopic (exact) mass is 361 g/mol. The Labute approximate surface area is 134 Å². The van der Waals surface area contributed by atoms with E-state index in [2.05, 4.69) is 10.9 Å². The molecular formula is C13H10F3N3O2S2. The molecule has 1 heterocycles. The predicted molar refractivity (Wildman–Crippen MR) is 79.1 cm³/mol. The number of anilines is 1. The number of thiophene rings is 1. The normalized spacial score (nSPS) is 13.3. The highest BCUT2D eigenvalue weighted by molar-refractivity contribution is 7.94. The van der Waals surface area contributed by atoms with Crippen LogP contribution in [0.25, 0.3) is 0 Å². The fraction of sp³-hybridized carbons (Fsp3) is 0.154. The van der Waals surface area contributed by atoms with E-state index < -0.39 is 27.0 Å². The average molecular weight is 361 g/mol. The molecule has 0 saturated heterocycles. The third-order valence-electron chi connectivity index (χ3n) is 2.76. The largest absolute Gasteiger partial charge is 0.416 e. The molecule has 5 nitrogen and oxygen atoms in total. The Morgan fingerprint density at radius 2 is 1.83 bits per heavy atom. The summed E-state index contributed by atoms with van der Waals surface area (Å²) in [7, 11) is -3.91. The quantitative estimate of drug-likeness (QED) is 0.800. The first-order valence-corrected chi connectivity index (χ1v) is 8.53. The fourth-order valence-electron chi connectivity index (χ4n) is 1.61. The highest BCUT2D eigenvalue weighted by atomic mass is 32.2. The summed E-state index contributed by atoms with van der Waals surface area (Å²) in [6.07, 6.45) is -4.45. The van der Waals surface area contributed by atoms with Crippen LogP contribution in [0.15, 0.2) is 46.0 Å². The van der Waals surface area contributed by atoms with Crippen molar-refractivity contribution in [1.82, 2.24) is 5.43 Å². The number of alkyl halides is 3. The first-order chi connectivity index (χ1) is 10.7. The maximum absolute atomic E-state index is 12.4. The summed E-state index contributed by atoms with van der Waals surface area (Å²) >= 11 is 0.968. The van der Waals surface area contributed by atoms with E-state index in [1.54, 1.807) is 11.4 Å². The maximum Gasteiger partial charge on any atom is 0.416 e. The lowest BCUT2D eigenvalue weighted by molar-refractivity contribution is -0.137. The zero-order chi connectivity index (χ0) is 17.1. The SMILES string of the molecule is N#CC(NNc1ccc(C(F)(F)F)cc1)S(=O)(=O)c1cccs1. The smallest absolute Gasteiger partial charge is 0.319 e. The summed E-state index contributed by atoms with van der Waals surface area (Å²) in [6.45, 7) is 0. The molecule has 0 bridgehead atoms. The van der Waals surface area contributed by atoms with E-state index in [0.717, 1.165) is 35.6 Å². The lowest BCUT2D eigenvalue weighted by atomic mass is 10.2. The van der Waals surface area contributed by atoms with Crippen molar-refractivity contribution in [1.29, 1.82) is 5.26 Å². The van der Waals surface area contributed by atoms with Gasteiger partial charge in [-0.15, -0.1) is 11.3 Å². The van der Waals surface area contributed by atoms with Gasteiger partial charge in [0, 0.05) is 5.69 Å². The number of hydrogen-bond acceptors (Lipinski definition) is 6. The molecule has 0 aliphatic rings. The molecule has 10 heteroatoms. The third-order valence-corrected chi connectivity index (χ3v) is 5.95. The van der Waals surface area contributed by atoms with Crippen LogP contribution in [0.2, 0.25) is 0 Å². The molecule has 0 amide bonds. The van der Waals surface area contributed by atoms with Gasteiger partial charge in [-0.1, -0.05) is 6.07 Å². The van der Waals surface area contributed by atoms with Crippen LogP contribution in [0.5, 0.6) is 0 Å². The minimum Gasteiger partial charge on any atom is -0.319 e. The Bertz CT molecular complexity index is 794. The van der Waals surface area contributed by atoms with Crippen molar-refractivity contribution in [3.05, 3.63) is 47.3 Å². The van der Waals surface area contributed by atoms with Crippen LogP contribution in [0.3, 0.4) is 0 Å².